The minimum Gasteiger partial charge on any atom is -0.369 e. The number of halogens is 3. The smallest absolute Gasteiger partial charge is 0.369 e. The predicted octanol–water partition coefficient (Wildman–Crippen LogP) is 3.90. The van der Waals surface area contributed by atoms with E-state index in [9.17, 15) is 13.2 Å². The van der Waals surface area contributed by atoms with Crippen LogP contribution in [0.25, 0.3) is 11.3 Å². The SMILES string of the molecule is CCNc1nccnc1-c1ccc(C(F)(F)F)cc1C. The Labute approximate surface area is 114 Å². The van der Waals surface area contributed by atoms with Gasteiger partial charge in [-0.05, 0) is 31.5 Å². The number of anilines is 1. The Hall–Kier alpha value is -2.11. The molecule has 0 aliphatic heterocycles. The highest BCUT2D eigenvalue weighted by molar-refractivity contribution is 5.74. The van der Waals surface area contributed by atoms with E-state index in [0.717, 1.165) is 12.1 Å². The van der Waals surface area contributed by atoms with Crippen molar-refractivity contribution in [2.75, 3.05) is 11.9 Å². The zero-order valence-corrected chi connectivity index (χ0v) is 11.1. The molecular weight excluding hydrogens is 267 g/mol. The van der Waals surface area contributed by atoms with E-state index in [1.165, 1.54) is 12.3 Å². The van der Waals surface area contributed by atoms with Crippen molar-refractivity contribution in [3.63, 3.8) is 0 Å². The summed E-state index contributed by atoms with van der Waals surface area (Å²) in [7, 11) is 0. The molecule has 0 saturated heterocycles. The van der Waals surface area contributed by atoms with E-state index < -0.39 is 11.7 Å². The van der Waals surface area contributed by atoms with Gasteiger partial charge < -0.3 is 5.32 Å². The molecule has 1 aromatic heterocycles. The van der Waals surface area contributed by atoms with Crippen LogP contribution in [-0.2, 0) is 6.18 Å². The third kappa shape index (κ3) is 2.89. The fourth-order valence-electron chi connectivity index (χ4n) is 1.94. The lowest BCUT2D eigenvalue weighted by molar-refractivity contribution is -0.137. The highest BCUT2D eigenvalue weighted by Crippen LogP contribution is 2.33. The summed E-state index contributed by atoms with van der Waals surface area (Å²) in [6.07, 6.45) is -1.27. The van der Waals surface area contributed by atoms with Gasteiger partial charge in [-0.3, -0.25) is 4.98 Å². The van der Waals surface area contributed by atoms with Crippen molar-refractivity contribution in [2.45, 2.75) is 20.0 Å². The van der Waals surface area contributed by atoms with Crippen molar-refractivity contribution in [3.05, 3.63) is 41.7 Å². The van der Waals surface area contributed by atoms with Crippen LogP contribution in [0.3, 0.4) is 0 Å². The molecule has 2 rings (SSSR count). The maximum absolute atomic E-state index is 12.7. The molecule has 0 spiro atoms. The Balaban J connectivity index is 2.49. The van der Waals surface area contributed by atoms with Crippen molar-refractivity contribution in [3.8, 4) is 11.3 Å². The first-order valence-electron chi connectivity index (χ1n) is 6.16. The van der Waals surface area contributed by atoms with Crippen LogP contribution in [0.1, 0.15) is 18.1 Å². The number of aryl methyl sites for hydroxylation is 1. The third-order valence-corrected chi connectivity index (χ3v) is 2.85. The monoisotopic (exact) mass is 281 g/mol. The molecule has 1 N–H and O–H groups in total. The number of alkyl halides is 3. The molecule has 0 atom stereocenters. The predicted molar refractivity (Wildman–Crippen MR) is 71.4 cm³/mol. The largest absolute Gasteiger partial charge is 0.416 e. The van der Waals surface area contributed by atoms with Crippen LogP contribution in [0.5, 0.6) is 0 Å². The van der Waals surface area contributed by atoms with Crippen LogP contribution in [0.4, 0.5) is 19.0 Å². The molecule has 0 unspecified atom stereocenters. The number of nitrogens with one attached hydrogen (secondary N) is 1. The van der Waals surface area contributed by atoms with Gasteiger partial charge in [-0.1, -0.05) is 6.07 Å². The van der Waals surface area contributed by atoms with Crippen molar-refractivity contribution < 1.29 is 13.2 Å². The Bertz CT molecular complexity index is 609. The first-order valence-corrected chi connectivity index (χ1v) is 6.16. The van der Waals surface area contributed by atoms with Crippen LogP contribution in [0.15, 0.2) is 30.6 Å². The average molecular weight is 281 g/mol. The normalized spacial score (nSPS) is 11.4. The van der Waals surface area contributed by atoms with Crippen molar-refractivity contribution >= 4 is 5.82 Å². The molecule has 1 aromatic carbocycles. The molecule has 106 valence electrons. The summed E-state index contributed by atoms with van der Waals surface area (Å²) in [5, 5.41) is 3.05. The highest BCUT2D eigenvalue weighted by Gasteiger charge is 2.30. The summed E-state index contributed by atoms with van der Waals surface area (Å²) in [6.45, 7) is 4.21. The van der Waals surface area contributed by atoms with E-state index in [1.54, 1.807) is 13.1 Å². The average Bonchev–Trinajstić information content (AvgIpc) is 2.39. The Morgan fingerprint density at radius 2 is 1.85 bits per heavy atom. The van der Waals surface area contributed by atoms with Gasteiger partial charge in [0.1, 0.15) is 5.69 Å². The van der Waals surface area contributed by atoms with Gasteiger partial charge in [0.05, 0.1) is 5.56 Å². The van der Waals surface area contributed by atoms with Crippen molar-refractivity contribution in [1.82, 2.24) is 9.97 Å². The van der Waals surface area contributed by atoms with Gasteiger partial charge in [-0.15, -0.1) is 0 Å². The Morgan fingerprint density at radius 3 is 2.45 bits per heavy atom. The molecule has 0 radical (unpaired) electrons. The number of rotatable bonds is 3. The van der Waals surface area contributed by atoms with Crippen LogP contribution < -0.4 is 5.32 Å². The lowest BCUT2D eigenvalue weighted by Crippen LogP contribution is -2.06. The standard InChI is InChI=1S/C14H14F3N3/c1-3-18-13-12(19-6-7-20-13)11-5-4-10(8-9(11)2)14(15,16)17/h4-8H,3H2,1-2H3,(H,18,20). The van der Waals surface area contributed by atoms with Crippen LogP contribution >= 0.6 is 0 Å². The van der Waals surface area contributed by atoms with Gasteiger partial charge in [0, 0.05) is 24.5 Å². The van der Waals surface area contributed by atoms with E-state index in [0.29, 0.717) is 29.2 Å². The fourth-order valence-corrected chi connectivity index (χ4v) is 1.94. The number of nitrogens with zero attached hydrogens (tertiary/aromatic N) is 2. The van der Waals surface area contributed by atoms with E-state index in [1.807, 2.05) is 6.92 Å². The second-order valence-electron chi connectivity index (χ2n) is 4.31. The van der Waals surface area contributed by atoms with Gasteiger partial charge >= 0.3 is 6.18 Å². The molecule has 6 heteroatoms. The molecule has 0 aliphatic carbocycles. The molecule has 0 bridgehead atoms. The summed E-state index contributed by atoms with van der Waals surface area (Å²) < 4.78 is 38.0. The lowest BCUT2D eigenvalue weighted by atomic mass is 10.0. The zero-order chi connectivity index (χ0) is 14.8. The lowest BCUT2D eigenvalue weighted by Gasteiger charge is -2.13. The Morgan fingerprint density at radius 1 is 1.15 bits per heavy atom. The fraction of sp³-hybridized carbons (Fsp3) is 0.286. The van der Waals surface area contributed by atoms with Crippen molar-refractivity contribution in [2.24, 2.45) is 0 Å². The maximum atomic E-state index is 12.7. The summed E-state index contributed by atoms with van der Waals surface area (Å²) >= 11 is 0. The molecule has 3 nitrogen and oxygen atoms in total. The zero-order valence-electron chi connectivity index (χ0n) is 11.1. The van der Waals surface area contributed by atoms with E-state index in [4.69, 9.17) is 0 Å². The molecule has 1 heterocycles. The Kier molecular flexibility index (Phi) is 3.92. The molecule has 20 heavy (non-hydrogen) atoms. The summed E-state index contributed by atoms with van der Waals surface area (Å²) in [5.74, 6) is 0.567. The minimum atomic E-state index is -4.34. The molecule has 0 amide bonds. The minimum absolute atomic E-state index is 0.513. The quantitative estimate of drug-likeness (QED) is 0.927. The second kappa shape index (κ2) is 5.48. The van der Waals surface area contributed by atoms with Gasteiger partial charge in [-0.25, -0.2) is 4.98 Å². The van der Waals surface area contributed by atoms with Gasteiger partial charge in [0.2, 0.25) is 0 Å². The molecule has 0 saturated carbocycles. The third-order valence-electron chi connectivity index (χ3n) is 2.85. The van der Waals surface area contributed by atoms with Crippen LogP contribution in [0.2, 0.25) is 0 Å². The van der Waals surface area contributed by atoms with E-state index in [2.05, 4.69) is 15.3 Å². The van der Waals surface area contributed by atoms with E-state index >= 15 is 0 Å². The van der Waals surface area contributed by atoms with Gasteiger partial charge in [-0.2, -0.15) is 13.2 Å². The number of benzene rings is 1. The number of hydrogen-bond acceptors (Lipinski definition) is 3. The van der Waals surface area contributed by atoms with E-state index in [-0.39, 0.29) is 0 Å². The molecular formula is C14H14F3N3. The topological polar surface area (TPSA) is 37.8 Å². The van der Waals surface area contributed by atoms with Gasteiger partial charge in [0.15, 0.2) is 5.82 Å². The van der Waals surface area contributed by atoms with Crippen molar-refractivity contribution in [1.29, 1.82) is 0 Å². The highest BCUT2D eigenvalue weighted by atomic mass is 19.4. The first kappa shape index (κ1) is 14.3. The van der Waals surface area contributed by atoms with Gasteiger partial charge in [0.25, 0.3) is 0 Å². The first-order chi connectivity index (χ1) is 9.43. The number of aromatic nitrogens is 2. The summed E-state index contributed by atoms with van der Waals surface area (Å²) in [4.78, 5) is 8.38. The summed E-state index contributed by atoms with van der Waals surface area (Å²) in [6, 6.07) is 3.62. The van der Waals surface area contributed by atoms with Crippen LogP contribution in [0, 0.1) is 6.92 Å². The molecule has 2 aromatic rings. The number of hydrogen-bond donors (Lipinski definition) is 1. The van der Waals surface area contributed by atoms with Crippen LogP contribution in [-0.4, -0.2) is 16.5 Å². The second-order valence-corrected chi connectivity index (χ2v) is 4.31. The molecule has 0 aliphatic rings. The maximum Gasteiger partial charge on any atom is 0.416 e. The molecule has 0 fully saturated rings. The summed E-state index contributed by atoms with van der Waals surface area (Å²) in [5.41, 5.74) is 1.05.